The van der Waals surface area contributed by atoms with E-state index in [-0.39, 0.29) is 11.7 Å². The van der Waals surface area contributed by atoms with Gasteiger partial charge in [-0.25, -0.2) is 24.7 Å². The van der Waals surface area contributed by atoms with Gasteiger partial charge in [-0.3, -0.25) is 0 Å². The number of fused-ring (bicyclic) bond motifs is 1. The molecule has 1 fully saturated rings. The zero-order valence-corrected chi connectivity index (χ0v) is 26.8. The van der Waals surface area contributed by atoms with Gasteiger partial charge in [0.15, 0.2) is 5.82 Å². The maximum Gasteiger partial charge on any atom is 0.416 e. The van der Waals surface area contributed by atoms with Crippen molar-refractivity contribution in [3.05, 3.63) is 90.6 Å². The minimum absolute atomic E-state index is 0.0817. The fourth-order valence-corrected chi connectivity index (χ4v) is 5.81. The number of likely N-dealkylation sites (N-methyl/N-ethyl adjacent to an activating group) is 1. The van der Waals surface area contributed by atoms with Crippen molar-refractivity contribution in [3.8, 4) is 23.0 Å². The Kier molecular flexibility index (Phi) is 9.40. The molecule has 0 aliphatic carbocycles. The first-order chi connectivity index (χ1) is 23.1. The number of carbonyl (C=O) groups excluding carboxylic acids is 1. The molecule has 2 amide bonds. The van der Waals surface area contributed by atoms with Crippen LogP contribution in [0.25, 0.3) is 22.2 Å². The number of nitrogens with one attached hydrogen (secondary N) is 2. The molecule has 5 aromatic rings. The van der Waals surface area contributed by atoms with E-state index in [1.165, 1.54) is 12.4 Å². The Morgan fingerprint density at radius 2 is 1.77 bits per heavy atom. The molecule has 48 heavy (non-hydrogen) atoms. The summed E-state index contributed by atoms with van der Waals surface area (Å²) in [5.41, 5.74) is 0.808. The van der Waals surface area contributed by atoms with E-state index >= 15 is 0 Å². The summed E-state index contributed by atoms with van der Waals surface area (Å²) in [6.07, 6.45) is 0.998. The number of ether oxygens (including phenoxy) is 1. The van der Waals surface area contributed by atoms with Crippen LogP contribution < -0.4 is 20.3 Å². The Morgan fingerprint density at radius 3 is 2.54 bits per heavy atom. The topological polar surface area (TPSA) is 108 Å². The smallest absolute Gasteiger partial charge is 0.416 e. The van der Waals surface area contributed by atoms with Gasteiger partial charge in [0.05, 0.1) is 28.2 Å². The average molecular weight is 657 g/mol. The van der Waals surface area contributed by atoms with Gasteiger partial charge in [-0.1, -0.05) is 31.2 Å². The summed E-state index contributed by atoms with van der Waals surface area (Å²) in [7, 11) is 3.97. The molecule has 0 bridgehead atoms. The van der Waals surface area contributed by atoms with Crippen LogP contribution in [0.4, 0.5) is 35.0 Å². The Morgan fingerprint density at radius 1 is 0.979 bits per heavy atom. The molecular weight excluding hydrogens is 621 g/mol. The van der Waals surface area contributed by atoms with E-state index in [0.717, 1.165) is 25.0 Å². The van der Waals surface area contributed by atoms with Gasteiger partial charge in [-0.2, -0.15) is 13.2 Å². The molecule has 0 radical (unpaired) electrons. The van der Waals surface area contributed by atoms with Gasteiger partial charge in [0, 0.05) is 42.5 Å². The highest BCUT2D eigenvalue weighted by Crippen LogP contribution is 2.38. The predicted molar refractivity (Wildman–Crippen MR) is 179 cm³/mol. The first kappa shape index (κ1) is 32.6. The molecule has 0 spiro atoms. The lowest BCUT2D eigenvalue weighted by Gasteiger charge is -2.38. The number of anilines is 3. The van der Waals surface area contributed by atoms with Crippen LogP contribution in [0.2, 0.25) is 0 Å². The number of rotatable bonds is 8. The predicted octanol–water partition coefficient (Wildman–Crippen LogP) is 7.63. The highest BCUT2D eigenvalue weighted by atomic mass is 19.4. The van der Waals surface area contributed by atoms with Gasteiger partial charge in [0.2, 0.25) is 5.88 Å². The fraction of sp³-hybridized carbons (Fsp3) is 0.286. The number of halogens is 3. The summed E-state index contributed by atoms with van der Waals surface area (Å²) < 4.78 is 47.5. The number of alkyl halides is 3. The maximum atomic E-state index is 13.7. The fourth-order valence-electron chi connectivity index (χ4n) is 5.81. The quantitative estimate of drug-likeness (QED) is 0.176. The van der Waals surface area contributed by atoms with Crippen molar-refractivity contribution >= 4 is 33.9 Å². The van der Waals surface area contributed by atoms with Gasteiger partial charge in [0.1, 0.15) is 17.9 Å². The number of aryl methyl sites for hydroxylation is 1. The molecule has 6 rings (SSSR count). The molecule has 1 aliphatic heterocycles. The van der Waals surface area contributed by atoms with E-state index < -0.39 is 17.8 Å². The SMILES string of the molecule is CCc1ncnc(-c2cccnc2Oc2ccc(NC(=O)Nc3cc(C(F)(F)F)ccc3N3CCC[C@H](N(C)C)C3)c3ccccc23)n1. The van der Waals surface area contributed by atoms with Crippen LogP contribution in [0.1, 0.15) is 31.2 Å². The highest BCUT2D eigenvalue weighted by Gasteiger charge is 2.32. The lowest BCUT2D eigenvalue weighted by atomic mass is 10.0. The third-order valence-electron chi connectivity index (χ3n) is 8.33. The van der Waals surface area contributed by atoms with Crippen LogP contribution in [0.15, 0.2) is 79.3 Å². The zero-order valence-electron chi connectivity index (χ0n) is 26.8. The zero-order chi connectivity index (χ0) is 33.8. The van der Waals surface area contributed by atoms with Crippen molar-refractivity contribution in [1.82, 2.24) is 24.8 Å². The van der Waals surface area contributed by atoms with Crippen molar-refractivity contribution in [1.29, 1.82) is 0 Å². The third kappa shape index (κ3) is 7.15. The van der Waals surface area contributed by atoms with E-state index in [1.807, 2.05) is 56.3 Å². The van der Waals surface area contributed by atoms with Crippen molar-refractivity contribution in [2.75, 3.05) is 42.7 Å². The lowest BCUT2D eigenvalue weighted by Crippen LogP contribution is -2.45. The molecular formula is C35H35F3N8O2. The molecule has 248 valence electrons. The van der Waals surface area contributed by atoms with Crippen molar-refractivity contribution in [3.63, 3.8) is 0 Å². The van der Waals surface area contributed by atoms with Crippen LogP contribution in [0.3, 0.4) is 0 Å². The van der Waals surface area contributed by atoms with E-state index in [2.05, 4.69) is 35.5 Å². The molecule has 3 heterocycles. The number of urea groups is 1. The van der Waals surface area contributed by atoms with Gasteiger partial charge in [0.25, 0.3) is 0 Å². The number of pyridine rings is 1. The molecule has 0 saturated carbocycles. The van der Waals surface area contributed by atoms with Crippen molar-refractivity contribution < 1.29 is 22.7 Å². The van der Waals surface area contributed by atoms with Crippen LogP contribution in [-0.4, -0.2) is 64.1 Å². The third-order valence-corrected chi connectivity index (χ3v) is 8.33. The number of carbonyl (C=O) groups is 1. The standard InChI is InChI=1S/C35H35F3N8O2/c1-4-31-40-21-41-32(44-31)26-12-7-17-39-33(26)48-30-16-14-27(24-10-5-6-11-25(24)30)42-34(47)43-28-19-22(35(36,37)38)13-15-29(28)46-18-8-9-23(20-46)45(2)3/h5-7,10-17,19,21,23H,4,8-9,18,20H2,1-3H3,(H2,42,43,47)/t23-/m0/s1. The van der Waals surface area contributed by atoms with E-state index in [4.69, 9.17) is 4.74 Å². The van der Waals surface area contributed by atoms with Gasteiger partial charge in [-0.05, 0) is 69.4 Å². The Labute approximate surface area is 276 Å². The molecule has 3 aromatic carbocycles. The van der Waals surface area contributed by atoms with E-state index in [9.17, 15) is 18.0 Å². The number of nitrogens with zero attached hydrogens (tertiary/aromatic N) is 6. The number of amides is 2. The lowest BCUT2D eigenvalue weighted by molar-refractivity contribution is -0.137. The Balaban J connectivity index is 1.28. The summed E-state index contributed by atoms with van der Waals surface area (Å²) in [4.78, 5) is 35.0. The monoisotopic (exact) mass is 656 g/mol. The second-order valence-corrected chi connectivity index (χ2v) is 11.7. The van der Waals surface area contributed by atoms with Crippen molar-refractivity contribution in [2.45, 2.75) is 38.4 Å². The second kappa shape index (κ2) is 13.8. The van der Waals surface area contributed by atoms with Gasteiger partial charge < -0.3 is 25.2 Å². The largest absolute Gasteiger partial charge is 0.438 e. The molecule has 13 heteroatoms. The highest BCUT2D eigenvalue weighted by molar-refractivity contribution is 6.08. The van der Waals surface area contributed by atoms with Crippen molar-refractivity contribution in [2.24, 2.45) is 0 Å². The summed E-state index contributed by atoms with van der Waals surface area (Å²) in [6.45, 7) is 3.25. The molecule has 0 unspecified atom stereocenters. The molecule has 2 N–H and O–H groups in total. The number of piperidine rings is 1. The molecule has 10 nitrogen and oxygen atoms in total. The molecule has 1 saturated heterocycles. The minimum Gasteiger partial charge on any atom is -0.438 e. The molecule has 2 aromatic heterocycles. The number of hydrogen-bond donors (Lipinski definition) is 2. The normalized spacial score (nSPS) is 15.1. The average Bonchev–Trinajstić information content (AvgIpc) is 3.09. The first-order valence-electron chi connectivity index (χ1n) is 15.6. The number of hydrogen-bond acceptors (Lipinski definition) is 8. The number of benzene rings is 3. The molecule has 1 atom stereocenters. The Hall–Kier alpha value is -5.30. The van der Waals surface area contributed by atoms with Crippen LogP contribution in [-0.2, 0) is 12.6 Å². The van der Waals surface area contributed by atoms with Crippen LogP contribution in [0, 0.1) is 0 Å². The van der Waals surface area contributed by atoms with Gasteiger partial charge in [-0.15, -0.1) is 0 Å². The van der Waals surface area contributed by atoms with E-state index in [1.54, 1.807) is 24.4 Å². The van der Waals surface area contributed by atoms with E-state index in [0.29, 0.717) is 70.5 Å². The minimum atomic E-state index is -4.57. The number of aromatic nitrogens is 4. The summed E-state index contributed by atoms with van der Waals surface area (Å²) in [5.74, 6) is 1.84. The maximum absolute atomic E-state index is 13.7. The Bertz CT molecular complexity index is 1930. The van der Waals surface area contributed by atoms with Crippen LogP contribution >= 0.6 is 0 Å². The second-order valence-electron chi connectivity index (χ2n) is 11.7. The van der Waals surface area contributed by atoms with Gasteiger partial charge >= 0.3 is 12.2 Å². The van der Waals surface area contributed by atoms with Crippen LogP contribution in [0.5, 0.6) is 11.6 Å². The first-order valence-corrected chi connectivity index (χ1v) is 15.6. The summed E-state index contributed by atoms with van der Waals surface area (Å²) >= 11 is 0. The summed E-state index contributed by atoms with van der Waals surface area (Å²) in [5, 5.41) is 6.87. The summed E-state index contributed by atoms with van der Waals surface area (Å²) in [6, 6.07) is 17.3. The molecule has 1 aliphatic rings.